The van der Waals surface area contributed by atoms with Crippen LogP contribution >= 0.6 is 0 Å². The van der Waals surface area contributed by atoms with Gasteiger partial charge in [0, 0.05) is 5.69 Å². The third-order valence-corrected chi connectivity index (χ3v) is 5.52. The van der Waals surface area contributed by atoms with Crippen LogP contribution in [-0.2, 0) is 10.0 Å². The predicted octanol–water partition coefficient (Wildman–Crippen LogP) is 4.48. The van der Waals surface area contributed by atoms with Gasteiger partial charge in [0.25, 0.3) is 10.0 Å². The largest absolute Gasteiger partial charge is 0.497 e. The second kappa shape index (κ2) is 7.72. The predicted molar refractivity (Wildman–Crippen MR) is 107 cm³/mol. The Morgan fingerprint density at radius 1 is 0.741 bits per heavy atom. The van der Waals surface area contributed by atoms with E-state index in [-0.39, 0.29) is 4.90 Å². The Balaban J connectivity index is 1.90. The second-order valence-corrected chi connectivity index (χ2v) is 7.78. The van der Waals surface area contributed by atoms with Crippen molar-refractivity contribution in [3.05, 3.63) is 72.3 Å². The minimum absolute atomic E-state index is 0.177. The molecule has 0 amide bonds. The number of anilines is 1. The van der Waals surface area contributed by atoms with Gasteiger partial charge in [0.05, 0.1) is 19.1 Å². The van der Waals surface area contributed by atoms with Crippen LogP contribution in [0.3, 0.4) is 0 Å². The molecule has 0 saturated carbocycles. The average molecular weight is 383 g/mol. The third-order valence-electron chi connectivity index (χ3n) is 4.12. The lowest BCUT2D eigenvalue weighted by molar-refractivity contribution is 0.414. The number of sulfonamides is 1. The van der Waals surface area contributed by atoms with Crippen molar-refractivity contribution >= 4 is 15.7 Å². The number of hydrogen-bond acceptors (Lipinski definition) is 4. The number of aryl methyl sites for hydroxylation is 1. The highest BCUT2D eigenvalue weighted by Crippen LogP contribution is 2.28. The van der Waals surface area contributed by atoms with Crippen LogP contribution < -0.4 is 14.2 Å². The van der Waals surface area contributed by atoms with Gasteiger partial charge in [-0.15, -0.1) is 0 Å². The molecule has 0 radical (unpaired) electrons. The summed E-state index contributed by atoms with van der Waals surface area (Å²) in [5.74, 6) is 1.37. The van der Waals surface area contributed by atoms with Gasteiger partial charge in [-0.05, 0) is 72.1 Å². The first kappa shape index (κ1) is 18.8. The molecule has 3 rings (SSSR count). The Morgan fingerprint density at radius 2 is 1.30 bits per heavy atom. The van der Waals surface area contributed by atoms with E-state index in [1.54, 1.807) is 25.3 Å². The van der Waals surface area contributed by atoms with E-state index in [4.69, 9.17) is 9.47 Å². The molecule has 0 fully saturated rings. The molecule has 0 saturated heterocycles. The minimum Gasteiger partial charge on any atom is -0.497 e. The molecule has 0 unspecified atom stereocenters. The van der Waals surface area contributed by atoms with Crippen molar-refractivity contribution in [2.45, 2.75) is 11.8 Å². The van der Waals surface area contributed by atoms with E-state index in [0.717, 1.165) is 22.4 Å². The summed E-state index contributed by atoms with van der Waals surface area (Å²) in [5, 5.41) is 0. The van der Waals surface area contributed by atoms with Crippen molar-refractivity contribution in [2.24, 2.45) is 0 Å². The molecular weight excluding hydrogens is 362 g/mol. The highest BCUT2D eigenvalue weighted by atomic mass is 32.2. The normalized spacial score (nSPS) is 11.1. The van der Waals surface area contributed by atoms with Crippen LogP contribution in [0.25, 0.3) is 11.1 Å². The molecule has 0 atom stereocenters. The summed E-state index contributed by atoms with van der Waals surface area (Å²) >= 11 is 0. The maximum Gasteiger partial charge on any atom is 0.261 e. The van der Waals surface area contributed by atoms with Crippen LogP contribution in [0.4, 0.5) is 5.69 Å². The third kappa shape index (κ3) is 4.41. The molecule has 0 bridgehead atoms. The van der Waals surface area contributed by atoms with Crippen LogP contribution in [0, 0.1) is 6.92 Å². The van der Waals surface area contributed by atoms with Gasteiger partial charge >= 0.3 is 0 Å². The maximum absolute atomic E-state index is 12.7. The SMILES string of the molecule is COc1ccc(-c2cc(C)cc(NS(=O)(=O)c3ccc(OC)cc3)c2)cc1. The molecule has 0 spiro atoms. The quantitative estimate of drug-likeness (QED) is 0.682. The molecule has 5 nitrogen and oxygen atoms in total. The summed E-state index contributed by atoms with van der Waals surface area (Å²) in [7, 11) is -0.535. The van der Waals surface area contributed by atoms with E-state index < -0.39 is 10.0 Å². The van der Waals surface area contributed by atoms with E-state index >= 15 is 0 Å². The molecule has 0 aliphatic rings. The van der Waals surface area contributed by atoms with Gasteiger partial charge in [-0.25, -0.2) is 8.42 Å². The highest BCUT2D eigenvalue weighted by Gasteiger charge is 2.15. The Morgan fingerprint density at radius 3 is 1.85 bits per heavy atom. The summed E-state index contributed by atoms with van der Waals surface area (Å²) in [4.78, 5) is 0.177. The lowest BCUT2D eigenvalue weighted by atomic mass is 10.0. The Labute approximate surface area is 159 Å². The molecular formula is C21H21NO4S. The molecule has 27 heavy (non-hydrogen) atoms. The maximum atomic E-state index is 12.7. The van der Waals surface area contributed by atoms with Crippen LogP contribution in [0.5, 0.6) is 11.5 Å². The molecule has 0 aromatic heterocycles. The fraction of sp³-hybridized carbons (Fsp3) is 0.143. The summed E-state index contributed by atoms with van der Waals surface area (Å²) in [6.45, 7) is 1.93. The van der Waals surface area contributed by atoms with Crippen molar-refractivity contribution in [2.75, 3.05) is 18.9 Å². The van der Waals surface area contributed by atoms with Crippen molar-refractivity contribution in [1.82, 2.24) is 0 Å². The Kier molecular flexibility index (Phi) is 5.37. The van der Waals surface area contributed by atoms with E-state index in [1.165, 1.54) is 19.2 Å². The number of methoxy groups -OCH3 is 2. The Bertz CT molecular complexity index is 1030. The molecule has 6 heteroatoms. The second-order valence-electron chi connectivity index (χ2n) is 6.10. The van der Waals surface area contributed by atoms with E-state index in [9.17, 15) is 8.42 Å². The molecule has 3 aromatic rings. The van der Waals surface area contributed by atoms with Crippen molar-refractivity contribution in [3.63, 3.8) is 0 Å². The smallest absolute Gasteiger partial charge is 0.261 e. The van der Waals surface area contributed by atoms with E-state index in [2.05, 4.69) is 4.72 Å². The fourth-order valence-electron chi connectivity index (χ4n) is 2.76. The van der Waals surface area contributed by atoms with Gasteiger partial charge in [0.15, 0.2) is 0 Å². The van der Waals surface area contributed by atoms with E-state index in [0.29, 0.717) is 11.4 Å². The summed E-state index contributed by atoms with van der Waals surface area (Å²) in [6, 6.07) is 19.5. The first-order valence-corrected chi connectivity index (χ1v) is 9.82. The zero-order valence-corrected chi connectivity index (χ0v) is 16.2. The summed E-state index contributed by atoms with van der Waals surface area (Å²) < 4.78 is 38.3. The number of nitrogens with one attached hydrogen (secondary N) is 1. The molecule has 3 aromatic carbocycles. The fourth-order valence-corrected chi connectivity index (χ4v) is 3.80. The summed E-state index contributed by atoms with van der Waals surface area (Å²) in [5.41, 5.74) is 3.36. The minimum atomic E-state index is -3.69. The van der Waals surface area contributed by atoms with Crippen molar-refractivity contribution in [1.29, 1.82) is 0 Å². The lowest BCUT2D eigenvalue weighted by Crippen LogP contribution is -2.13. The van der Waals surface area contributed by atoms with E-state index in [1.807, 2.05) is 43.3 Å². The van der Waals surface area contributed by atoms with Crippen LogP contribution in [0.15, 0.2) is 71.6 Å². The first-order valence-electron chi connectivity index (χ1n) is 8.34. The first-order chi connectivity index (χ1) is 12.9. The van der Waals surface area contributed by atoms with Crippen molar-refractivity contribution < 1.29 is 17.9 Å². The highest BCUT2D eigenvalue weighted by molar-refractivity contribution is 7.92. The zero-order chi connectivity index (χ0) is 19.4. The van der Waals surface area contributed by atoms with Gasteiger partial charge < -0.3 is 9.47 Å². The molecule has 0 aliphatic heterocycles. The van der Waals surface area contributed by atoms with Crippen molar-refractivity contribution in [3.8, 4) is 22.6 Å². The monoisotopic (exact) mass is 383 g/mol. The molecule has 140 valence electrons. The summed E-state index contributed by atoms with van der Waals surface area (Å²) in [6.07, 6.45) is 0. The lowest BCUT2D eigenvalue weighted by Gasteiger charge is -2.12. The van der Waals surface area contributed by atoms with Crippen LogP contribution in [0.2, 0.25) is 0 Å². The van der Waals surface area contributed by atoms with Crippen LogP contribution in [-0.4, -0.2) is 22.6 Å². The van der Waals surface area contributed by atoms with Gasteiger partial charge in [0.1, 0.15) is 11.5 Å². The van der Waals surface area contributed by atoms with Gasteiger partial charge in [-0.3, -0.25) is 4.72 Å². The molecule has 0 aliphatic carbocycles. The number of rotatable bonds is 6. The van der Waals surface area contributed by atoms with Gasteiger partial charge in [-0.1, -0.05) is 18.2 Å². The standard InChI is InChI=1S/C21H21NO4S/c1-15-12-17(16-4-6-19(25-2)7-5-16)14-18(13-15)22-27(23,24)21-10-8-20(26-3)9-11-21/h4-14,22H,1-3H3. The topological polar surface area (TPSA) is 64.6 Å². The van der Waals surface area contributed by atoms with Crippen LogP contribution in [0.1, 0.15) is 5.56 Å². The zero-order valence-electron chi connectivity index (χ0n) is 15.4. The Hall–Kier alpha value is -2.99. The molecule has 1 N–H and O–H groups in total. The van der Waals surface area contributed by atoms with Gasteiger partial charge in [0.2, 0.25) is 0 Å². The average Bonchev–Trinajstić information content (AvgIpc) is 2.67. The number of hydrogen-bond donors (Lipinski definition) is 1. The number of ether oxygens (including phenoxy) is 2. The number of benzene rings is 3. The van der Waals surface area contributed by atoms with Gasteiger partial charge in [-0.2, -0.15) is 0 Å². The molecule has 0 heterocycles.